The van der Waals surface area contributed by atoms with Crippen LogP contribution >= 0.6 is 22.7 Å². The molecule has 10 nitrogen and oxygen atoms in total. The summed E-state index contributed by atoms with van der Waals surface area (Å²) in [6.07, 6.45) is 0. The molecule has 2 atom stereocenters. The number of ether oxygens (including phenoxy) is 1. The molecule has 12 heteroatoms. The van der Waals surface area contributed by atoms with Crippen LogP contribution in [0.2, 0.25) is 0 Å². The molecule has 0 fully saturated rings. The van der Waals surface area contributed by atoms with E-state index in [-0.39, 0.29) is 48.4 Å². The third-order valence-electron chi connectivity index (χ3n) is 4.63. The first kappa shape index (κ1) is 43.1. The lowest BCUT2D eigenvalue weighted by molar-refractivity contribution is -0.0987. The highest BCUT2D eigenvalue weighted by Gasteiger charge is 2.15. The second-order valence-electron chi connectivity index (χ2n) is 7.08. The van der Waals surface area contributed by atoms with Gasteiger partial charge in [-0.1, -0.05) is 76.6 Å². The monoisotopic (exact) mass is 584 g/mol. The molecule has 0 spiro atoms. The van der Waals surface area contributed by atoms with Gasteiger partial charge in [-0.25, -0.2) is 21.7 Å². The van der Waals surface area contributed by atoms with Crippen molar-refractivity contribution in [3.8, 4) is 0 Å². The number of fused-ring (bicyclic) bond motifs is 2. The molecule has 0 aliphatic carbocycles. The van der Waals surface area contributed by atoms with Crippen LogP contribution in [0.5, 0.6) is 0 Å². The Kier molecular flexibility index (Phi) is 25.3. The largest absolute Gasteiger partial charge is 0.394 e. The molecule has 0 aliphatic heterocycles. The first-order valence-electron chi connectivity index (χ1n) is 10.4. The number of rotatable bonds is 7. The second kappa shape index (κ2) is 22.9. The van der Waals surface area contributed by atoms with Crippen molar-refractivity contribution in [3.63, 3.8) is 0 Å². The molecule has 4 aromatic rings. The number of methoxy groups -OCH3 is 1. The van der Waals surface area contributed by atoms with E-state index in [1.165, 1.54) is 16.3 Å². The molecule has 2 unspecified atom stereocenters. The quantitative estimate of drug-likeness (QED) is 0.187. The third-order valence-corrected chi connectivity index (χ3v) is 6.73. The van der Waals surface area contributed by atoms with Crippen LogP contribution in [0.4, 0.5) is 10.3 Å². The van der Waals surface area contributed by atoms with Crippen LogP contribution < -0.4 is 21.7 Å². The highest BCUT2D eigenvalue weighted by atomic mass is 32.1. The van der Waals surface area contributed by atoms with Gasteiger partial charge < -0.3 is 19.4 Å². The van der Waals surface area contributed by atoms with E-state index < -0.39 is 0 Å². The summed E-state index contributed by atoms with van der Waals surface area (Å²) in [5, 5.41) is 13.7. The molecule has 39 heavy (non-hydrogen) atoms. The van der Waals surface area contributed by atoms with E-state index >= 15 is 0 Å². The fourth-order valence-electron chi connectivity index (χ4n) is 2.73. The Labute approximate surface area is 242 Å². The summed E-state index contributed by atoms with van der Waals surface area (Å²) in [4.78, 5) is 24.9. The zero-order valence-electron chi connectivity index (χ0n) is 20.0. The van der Waals surface area contributed by atoms with Crippen LogP contribution in [0, 0.1) is 0 Å². The zero-order valence-corrected chi connectivity index (χ0v) is 21.7. The molecule has 4 rings (SSSR count). The predicted octanol–water partition coefficient (Wildman–Crippen LogP) is 5.54. The van der Waals surface area contributed by atoms with Crippen molar-refractivity contribution in [2.45, 2.75) is 55.6 Å². The fourth-order valence-corrected chi connectivity index (χ4v) is 4.71. The van der Waals surface area contributed by atoms with E-state index in [0.29, 0.717) is 6.61 Å². The number of para-hydroxylation sites is 2. The van der Waals surface area contributed by atoms with Gasteiger partial charge in [0, 0.05) is 7.11 Å². The van der Waals surface area contributed by atoms with Gasteiger partial charge in [-0.2, -0.15) is 0 Å². The highest BCUT2D eigenvalue weighted by molar-refractivity contribution is 7.22. The first-order valence-corrected chi connectivity index (χ1v) is 12.0. The summed E-state index contributed by atoms with van der Waals surface area (Å²) in [7, 11) is 1.67. The number of carbonyl (C=O) groups excluding carboxylic acids is 2. The first-order chi connectivity index (χ1) is 16.9. The van der Waals surface area contributed by atoms with Crippen LogP contribution in [0.15, 0.2) is 48.5 Å². The highest BCUT2D eigenvalue weighted by Crippen LogP contribution is 2.28. The van der Waals surface area contributed by atoms with Crippen LogP contribution in [0.1, 0.15) is 43.6 Å². The number of hydrogen-bond acceptors (Lipinski definition) is 12. The minimum atomic E-state index is -0.120. The second-order valence-corrected chi connectivity index (χ2v) is 9.10. The van der Waals surface area contributed by atoms with Crippen molar-refractivity contribution in [2.75, 3.05) is 30.3 Å². The van der Waals surface area contributed by atoms with Crippen LogP contribution in [0.25, 0.3) is 20.4 Å². The number of nitrogens with zero attached hydrogens (tertiary/aromatic N) is 4. The Balaban J connectivity index is -0.000000255. The third kappa shape index (κ3) is 12.2. The number of aliphatic hydroxyl groups is 1. The molecule has 0 bridgehead atoms. The molecule has 0 amide bonds. The molecule has 5 N–H and O–H groups in total. The van der Waals surface area contributed by atoms with Crippen molar-refractivity contribution in [1.82, 2.24) is 9.97 Å². The average molecular weight is 585 g/mol. The maximum atomic E-state index is 9.00. The van der Waals surface area contributed by atoms with E-state index in [9.17, 15) is 0 Å². The van der Waals surface area contributed by atoms with E-state index in [2.05, 4.69) is 9.97 Å². The number of hydrogen-bond donors (Lipinski definition) is 3. The Hall–Kier alpha value is -3.00. The predicted molar refractivity (Wildman–Crippen MR) is 172 cm³/mol. The molecule has 0 saturated carbocycles. The standard InChI is InChI=1S/C11H15N3OS.C10H13N3OS.2CH2O.4CH4/c1-8(7-15-2)14(12)11-13-9-5-3-4-6-10(9)16-11;1-7(6-14)13(11)10-12-8-4-2-3-5-9(8)15-10;2*1-2;;;;/h3-6,8H,7,12H2,1-2H3;2-5,7,14H,6,11H2,1H3;2*1H2;4*1H4. The molecule has 2 aromatic heterocycles. The van der Waals surface area contributed by atoms with Crippen LogP contribution in [-0.2, 0) is 14.3 Å². The van der Waals surface area contributed by atoms with Gasteiger partial charge in [0.15, 0.2) is 0 Å². The van der Waals surface area contributed by atoms with Gasteiger partial charge in [-0.3, -0.25) is 10.0 Å². The van der Waals surface area contributed by atoms with E-state index in [0.717, 1.165) is 30.7 Å². The summed E-state index contributed by atoms with van der Waals surface area (Å²) >= 11 is 3.12. The van der Waals surface area contributed by atoms with Crippen molar-refractivity contribution >= 4 is 66.9 Å². The summed E-state index contributed by atoms with van der Waals surface area (Å²) in [5.41, 5.74) is 1.93. The molecule has 2 heterocycles. The molecule has 0 radical (unpaired) electrons. The van der Waals surface area contributed by atoms with Gasteiger partial charge in [0.1, 0.15) is 13.6 Å². The molecule has 0 aliphatic rings. The Morgan fingerprint density at radius 2 is 1.15 bits per heavy atom. The van der Waals surface area contributed by atoms with Gasteiger partial charge in [0.05, 0.1) is 45.7 Å². The normalized spacial score (nSPS) is 10.5. The minimum absolute atomic E-state index is 0. The minimum Gasteiger partial charge on any atom is -0.394 e. The van der Waals surface area contributed by atoms with Gasteiger partial charge in [0.25, 0.3) is 0 Å². The summed E-state index contributed by atoms with van der Waals surface area (Å²) < 4.78 is 7.33. The molecule has 222 valence electrons. The van der Waals surface area contributed by atoms with Crippen molar-refractivity contribution in [3.05, 3.63) is 48.5 Å². The number of aliphatic hydroxyl groups excluding tert-OH is 1. The Morgan fingerprint density at radius 3 is 1.49 bits per heavy atom. The number of anilines is 2. The summed E-state index contributed by atoms with van der Waals surface area (Å²) in [6, 6.07) is 15.9. The fraction of sp³-hybridized carbons (Fsp3) is 0.407. The van der Waals surface area contributed by atoms with Gasteiger partial charge in [-0.15, -0.1) is 0 Å². The van der Waals surface area contributed by atoms with E-state index in [1.807, 2.05) is 76.0 Å². The number of thiazole rings is 2. The van der Waals surface area contributed by atoms with Gasteiger partial charge >= 0.3 is 0 Å². The van der Waals surface area contributed by atoms with Crippen molar-refractivity contribution in [1.29, 1.82) is 0 Å². The van der Waals surface area contributed by atoms with E-state index in [4.69, 9.17) is 31.1 Å². The average Bonchev–Trinajstić information content (AvgIpc) is 3.54. The zero-order chi connectivity index (χ0) is 26.4. The smallest absolute Gasteiger partial charge is 0.201 e. The maximum absolute atomic E-state index is 9.00. The lowest BCUT2D eigenvalue weighted by Crippen LogP contribution is -2.41. The Bertz CT molecular complexity index is 1080. The topological polar surface area (TPSA) is 148 Å². The van der Waals surface area contributed by atoms with Gasteiger partial charge in [-0.05, 0) is 38.1 Å². The van der Waals surface area contributed by atoms with Crippen LogP contribution in [-0.4, -0.2) is 61.1 Å². The van der Waals surface area contributed by atoms with Crippen molar-refractivity contribution < 1.29 is 19.4 Å². The molecule has 0 saturated heterocycles. The van der Waals surface area contributed by atoms with Crippen LogP contribution in [0.3, 0.4) is 0 Å². The Morgan fingerprint density at radius 1 is 0.795 bits per heavy atom. The molecular formula is C27H48N6O4S2. The van der Waals surface area contributed by atoms with Gasteiger partial charge in [0.2, 0.25) is 10.3 Å². The number of nitrogens with two attached hydrogens (primary N) is 2. The lowest BCUT2D eigenvalue weighted by Gasteiger charge is -2.22. The summed E-state index contributed by atoms with van der Waals surface area (Å²) in [5.74, 6) is 11.8. The SMILES string of the molecule is C.C.C.C.C=O.C=O.CC(CO)N(N)c1nc2ccccc2s1.COCC(C)N(N)c1nc2ccccc2s1. The van der Waals surface area contributed by atoms with Crippen molar-refractivity contribution in [2.24, 2.45) is 11.7 Å². The molecular weight excluding hydrogens is 536 g/mol. The number of benzene rings is 2. The number of hydrazine groups is 2. The molecule has 2 aromatic carbocycles. The lowest BCUT2D eigenvalue weighted by atomic mass is 10.3. The summed E-state index contributed by atoms with van der Waals surface area (Å²) in [6.45, 7) is 8.47. The number of carbonyl (C=O) groups is 2. The maximum Gasteiger partial charge on any atom is 0.201 e. The van der Waals surface area contributed by atoms with E-state index in [1.54, 1.807) is 23.5 Å². The number of aromatic nitrogens is 2.